The molecule has 0 spiro atoms. The first-order chi connectivity index (χ1) is 10.0. The monoisotopic (exact) mass is 313 g/mol. The van der Waals surface area contributed by atoms with Gasteiger partial charge in [0.1, 0.15) is 6.04 Å². The van der Waals surface area contributed by atoms with Crippen LogP contribution in [0.15, 0.2) is 0 Å². The van der Waals surface area contributed by atoms with Crippen molar-refractivity contribution in [2.75, 3.05) is 5.75 Å². The van der Waals surface area contributed by atoms with E-state index in [0.717, 1.165) is 25.7 Å². The topological polar surface area (TPSA) is 57.6 Å². The Hall–Kier alpha value is -0.710. The molecule has 5 heteroatoms. The summed E-state index contributed by atoms with van der Waals surface area (Å²) in [5, 5.41) is 9.44. The molecule has 2 aliphatic rings. The molecule has 2 fully saturated rings. The number of thioether (sulfide) groups is 1. The highest BCUT2D eigenvalue weighted by Crippen LogP contribution is 2.37. The van der Waals surface area contributed by atoms with Gasteiger partial charge >= 0.3 is 5.97 Å². The van der Waals surface area contributed by atoms with Crippen molar-refractivity contribution in [3.05, 3.63) is 0 Å². The fourth-order valence-electron chi connectivity index (χ4n) is 3.42. The minimum Gasteiger partial charge on any atom is -0.480 e. The second-order valence-electron chi connectivity index (χ2n) is 6.61. The van der Waals surface area contributed by atoms with Gasteiger partial charge in [0.2, 0.25) is 5.91 Å². The van der Waals surface area contributed by atoms with Gasteiger partial charge in [-0.05, 0) is 18.8 Å². The highest BCUT2D eigenvalue weighted by atomic mass is 32.2. The van der Waals surface area contributed by atoms with E-state index in [1.807, 2.05) is 0 Å². The van der Waals surface area contributed by atoms with Gasteiger partial charge in [-0.3, -0.25) is 4.79 Å². The number of carboxylic acids is 1. The third-order valence-corrected chi connectivity index (χ3v) is 6.22. The third kappa shape index (κ3) is 3.93. The third-order valence-electron chi connectivity index (χ3n) is 4.60. The van der Waals surface area contributed by atoms with E-state index in [1.165, 1.54) is 19.3 Å². The van der Waals surface area contributed by atoms with E-state index >= 15 is 0 Å². The van der Waals surface area contributed by atoms with Gasteiger partial charge in [0, 0.05) is 11.7 Å². The second kappa shape index (κ2) is 7.52. The van der Waals surface area contributed by atoms with Crippen molar-refractivity contribution in [2.45, 2.75) is 70.2 Å². The van der Waals surface area contributed by atoms with Crippen LogP contribution in [-0.2, 0) is 9.59 Å². The van der Waals surface area contributed by atoms with Crippen molar-refractivity contribution in [3.8, 4) is 0 Å². The highest BCUT2D eigenvalue weighted by Gasteiger charge is 2.44. The number of carbonyl (C=O) groups excluding carboxylic acids is 1. The summed E-state index contributed by atoms with van der Waals surface area (Å²) in [4.78, 5) is 26.1. The van der Waals surface area contributed by atoms with Crippen LogP contribution >= 0.6 is 11.8 Å². The molecule has 120 valence electrons. The fourth-order valence-corrected chi connectivity index (χ4v) is 4.90. The SMILES string of the molecule is CC(C)C1SCC(C(=O)O)N1C(=O)C1CCCCCCC1. The zero-order valence-corrected chi connectivity index (χ0v) is 13.9. The van der Waals surface area contributed by atoms with Crippen LogP contribution in [0.1, 0.15) is 58.8 Å². The first-order valence-corrected chi connectivity index (χ1v) is 9.24. The Kier molecular flexibility index (Phi) is 5.97. The molecule has 0 bridgehead atoms. The Bertz CT molecular complexity index is 378. The maximum Gasteiger partial charge on any atom is 0.327 e. The molecule has 2 atom stereocenters. The van der Waals surface area contributed by atoms with E-state index in [0.29, 0.717) is 5.75 Å². The molecule has 1 amide bonds. The Balaban J connectivity index is 2.13. The van der Waals surface area contributed by atoms with E-state index in [-0.39, 0.29) is 23.1 Å². The largest absolute Gasteiger partial charge is 0.480 e. The smallest absolute Gasteiger partial charge is 0.327 e. The number of hydrogen-bond acceptors (Lipinski definition) is 3. The summed E-state index contributed by atoms with van der Waals surface area (Å²) in [6.07, 6.45) is 7.73. The maximum atomic E-state index is 12.9. The van der Waals surface area contributed by atoms with E-state index in [4.69, 9.17) is 0 Å². The molecule has 1 aliphatic heterocycles. The van der Waals surface area contributed by atoms with Gasteiger partial charge in [0.25, 0.3) is 0 Å². The van der Waals surface area contributed by atoms with E-state index < -0.39 is 12.0 Å². The molecule has 21 heavy (non-hydrogen) atoms. The molecule has 1 heterocycles. The van der Waals surface area contributed by atoms with Crippen LogP contribution in [0.4, 0.5) is 0 Å². The van der Waals surface area contributed by atoms with Crippen LogP contribution in [0.3, 0.4) is 0 Å². The Labute approximate surface area is 131 Å². The lowest BCUT2D eigenvalue weighted by Crippen LogP contribution is -2.49. The van der Waals surface area contributed by atoms with Crippen LogP contribution < -0.4 is 0 Å². The number of carboxylic acid groups (broad SMARTS) is 1. The number of rotatable bonds is 3. The lowest BCUT2D eigenvalue weighted by Gasteiger charge is -2.33. The minimum atomic E-state index is -0.857. The first kappa shape index (κ1) is 16.7. The van der Waals surface area contributed by atoms with Crippen molar-refractivity contribution in [2.24, 2.45) is 11.8 Å². The molecular weight excluding hydrogens is 286 g/mol. The number of nitrogens with zero attached hydrogens (tertiary/aromatic N) is 1. The van der Waals surface area contributed by atoms with Crippen molar-refractivity contribution in [3.63, 3.8) is 0 Å². The molecular formula is C16H27NO3S. The summed E-state index contributed by atoms with van der Waals surface area (Å²) in [6, 6.07) is -0.639. The zero-order valence-electron chi connectivity index (χ0n) is 13.1. The summed E-state index contributed by atoms with van der Waals surface area (Å²) >= 11 is 1.62. The fraction of sp³-hybridized carbons (Fsp3) is 0.875. The molecule has 0 aromatic carbocycles. The van der Waals surface area contributed by atoms with Gasteiger partial charge in [-0.1, -0.05) is 46.0 Å². The second-order valence-corrected chi connectivity index (χ2v) is 7.76. The van der Waals surface area contributed by atoms with Gasteiger partial charge in [0.05, 0.1) is 5.37 Å². The molecule has 2 rings (SSSR count). The highest BCUT2D eigenvalue weighted by molar-refractivity contribution is 8.00. The van der Waals surface area contributed by atoms with E-state index in [9.17, 15) is 14.7 Å². The number of amides is 1. The summed E-state index contributed by atoms with van der Waals surface area (Å²) < 4.78 is 0. The van der Waals surface area contributed by atoms with Gasteiger partial charge in [-0.25, -0.2) is 4.79 Å². The zero-order chi connectivity index (χ0) is 15.4. The Morgan fingerprint density at radius 3 is 2.19 bits per heavy atom. The summed E-state index contributed by atoms with van der Waals surface area (Å²) in [6.45, 7) is 4.14. The normalized spacial score (nSPS) is 28.4. The quantitative estimate of drug-likeness (QED) is 0.868. The van der Waals surface area contributed by atoms with E-state index in [2.05, 4.69) is 13.8 Å². The minimum absolute atomic E-state index is 0.0176. The van der Waals surface area contributed by atoms with Crippen molar-refractivity contribution >= 4 is 23.6 Å². The molecule has 0 aromatic heterocycles. The van der Waals surface area contributed by atoms with Gasteiger partial charge in [-0.2, -0.15) is 0 Å². The number of carbonyl (C=O) groups is 2. The van der Waals surface area contributed by atoms with Crippen LogP contribution in [0, 0.1) is 11.8 Å². The molecule has 1 saturated carbocycles. The molecule has 4 nitrogen and oxygen atoms in total. The van der Waals surface area contributed by atoms with Gasteiger partial charge < -0.3 is 10.0 Å². The lowest BCUT2D eigenvalue weighted by atomic mass is 9.89. The standard InChI is InChI=1S/C16H27NO3S/c1-11(2)15-17(13(10-21-15)16(19)20)14(18)12-8-6-4-3-5-7-9-12/h11-13,15H,3-10H2,1-2H3,(H,19,20). The maximum absolute atomic E-state index is 12.9. The molecule has 0 aromatic rings. The van der Waals surface area contributed by atoms with Crippen LogP contribution in [-0.4, -0.2) is 39.1 Å². The van der Waals surface area contributed by atoms with Gasteiger partial charge in [-0.15, -0.1) is 11.8 Å². The molecule has 1 N–H and O–H groups in total. The summed E-state index contributed by atoms with van der Waals surface area (Å²) in [5.41, 5.74) is 0. The van der Waals surface area contributed by atoms with Crippen LogP contribution in [0.5, 0.6) is 0 Å². The molecule has 1 saturated heterocycles. The molecule has 0 radical (unpaired) electrons. The number of aliphatic carboxylic acids is 1. The van der Waals surface area contributed by atoms with Gasteiger partial charge in [0.15, 0.2) is 0 Å². The molecule has 1 aliphatic carbocycles. The predicted octanol–water partition coefficient (Wildman–Crippen LogP) is 3.36. The number of hydrogen-bond donors (Lipinski definition) is 1. The van der Waals surface area contributed by atoms with E-state index in [1.54, 1.807) is 16.7 Å². The predicted molar refractivity (Wildman–Crippen MR) is 85.2 cm³/mol. The summed E-state index contributed by atoms with van der Waals surface area (Å²) in [7, 11) is 0. The average molecular weight is 313 g/mol. The molecule has 2 unspecified atom stereocenters. The lowest BCUT2D eigenvalue weighted by molar-refractivity contribution is -0.151. The van der Waals surface area contributed by atoms with Crippen molar-refractivity contribution in [1.29, 1.82) is 0 Å². The Morgan fingerprint density at radius 2 is 1.67 bits per heavy atom. The van der Waals surface area contributed by atoms with Crippen molar-refractivity contribution < 1.29 is 14.7 Å². The van der Waals surface area contributed by atoms with Crippen molar-refractivity contribution in [1.82, 2.24) is 4.90 Å². The van der Waals surface area contributed by atoms with Crippen LogP contribution in [0.2, 0.25) is 0 Å². The van der Waals surface area contributed by atoms with Crippen LogP contribution in [0.25, 0.3) is 0 Å². The first-order valence-electron chi connectivity index (χ1n) is 8.19. The summed E-state index contributed by atoms with van der Waals surface area (Å²) in [5.74, 6) is 0.0817. The Morgan fingerprint density at radius 1 is 1.10 bits per heavy atom. The average Bonchev–Trinajstić information content (AvgIpc) is 2.82.